The van der Waals surface area contributed by atoms with Crippen molar-refractivity contribution < 1.29 is 8.78 Å². The highest BCUT2D eigenvalue weighted by atomic mass is 19.2. The molecule has 15 heavy (non-hydrogen) atoms. The van der Waals surface area contributed by atoms with Crippen LogP contribution in [-0.2, 0) is 0 Å². The number of hydrogen-bond donors (Lipinski definition) is 1. The fraction of sp³-hybridized carbons (Fsp3) is 0.333. The van der Waals surface area contributed by atoms with E-state index in [2.05, 4.69) is 17.2 Å². The van der Waals surface area contributed by atoms with E-state index in [4.69, 9.17) is 0 Å². The highest BCUT2D eigenvalue weighted by Crippen LogP contribution is 2.18. The van der Waals surface area contributed by atoms with E-state index in [1.165, 1.54) is 6.07 Å². The average Bonchev–Trinajstić information content (AvgIpc) is 2.24. The van der Waals surface area contributed by atoms with Crippen molar-refractivity contribution in [3.05, 3.63) is 35.4 Å². The Morgan fingerprint density at radius 3 is 2.60 bits per heavy atom. The van der Waals surface area contributed by atoms with Crippen LogP contribution in [0.25, 0.3) is 0 Å². The molecule has 1 aromatic carbocycles. The van der Waals surface area contributed by atoms with E-state index in [1.54, 1.807) is 20.0 Å². The van der Waals surface area contributed by atoms with Gasteiger partial charge in [0.2, 0.25) is 0 Å². The summed E-state index contributed by atoms with van der Waals surface area (Å²) in [6, 6.07) is 3.84. The second kappa shape index (κ2) is 5.47. The predicted molar refractivity (Wildman–Crippen MR) is 56.2 cm³/mol. The molecule has 1 rings (SSSR count). The summed E-state index contributed by atoms with van der Waals surface area (Å²) < 4.78 is 25.7. The van der Waals surface area contributed by atoms with Gasteiger partial charge in [-0.3, -0.25) is 0 Å². The highest BCUT2D eigenvalue weighted by molar-refractivity contribution is 5.22. The third-order valence-corrected chi connectivity index (χ3v) is 2.18. The van der Waals surface area contributed by atoms with Crippen LogP contribution in [0.2, 0.25) is 0 Å². The molecule has 1 atom stereocenters. The van der Waals surface area contributed by atoms with Gasteiger partial charge < -0.3 is 5.32 Å². The first-order valence-corrected chi connectivity index (χ1v) is 4.71. The van der Waals surface area contributed by atoms with Crippen LogP contribution in [0.15, 0.2) is 18.2 Å². The summed E-state index contributed by atoms with van der Waals surface area (Å²) in [7, 11) is 1.77. The van der Waals surface area contributed by atoms with Gasteiger partial charge in [-0.1, -0.05) is 6.07 Å². The Kier molecular flexibility index (Phi) is 4.26. The van der Waals surface area contributed by atoms with Crippen LogP contribution in [0.1, 0.15) is 24.9 Å². The molecule has 1 nitrogen and oxygen atoms in total. The molecule has 0 bridgehead atoms. The van der Waals surface area contributed by atoms with Crippen molar-refractivity contribution in [2.24, 2.45) is 0 Å². The van der Waals surface area contributed by atoms with Gasteiger partial charge in [0.1, 0.15) is 0 Å². The molecule has 0 saturated carbocycles. The highest BCUT2D eigenvalue weighted by Gasteiger charge is 2.10. The molecule has 0 aliphatic carbocycles. The summed E-state index contributed by atoms with van der Waals surface area (Å²) in [6.07, 6.45) is 0.581. The van der Waals surface area contributed by atoms with Crippen LogP contribution in [0.4, 0.5) is 8.78 Å². The molecule has 1 unspecified atom stereocenters. The monoisotopic (exact) mass is 209 g/mol. The Hall–Kier alpha value is -1.40. The normalized spacial score (nSPS) is 11.7. The van der Waals surface area contributed by atoms with Gasteiger partial charge >= 0.3 is 0 Å². The first-order valence-electron chi connectivity index (χ1n) is 4.71. The molecule has 0 fully saturated rings. The lowest BCUT2D eigenvalue weighted by atomic mass is 10.0. The molecule has 0 aliphatic rings. The largest absolute Gasteiger partial charge is 0.312 e. The van der Waals surface area contributed by atoms with Crippen molar-refractivity contribution in [2.45, 2.75) is 19.4 Å². The van der Waals surface area contributed by atoms with Gasteiger partial charge in [0.25, 0.3) is 0 Å². The molecule has 1 N–H and O–H groups in total. The minimum Gasteiger partial charge on any atom is -0.312 e. The lowest BCUT2D eigenvalue weighted by Crippen LogP contribution is -2.16. The van der Waals surface area contributed by atoms with Gasteiger partial charge in [-0.15, -0.1) is 11.8 Å². The molecule has 0 amide bonds. The summed E-state index contributed by atoms with van der Waals surface area (Å²) in [6.45, 7) is 1.75. The summed E-state index contributed by atoms with van der Waals surface area (Å²) >= 11 is 0. The molecule has 3 heteroatoms. The number of halogens is 2. The van der Waals surface area contributed by atoms with Crippen LogP contribution in [-0.4, -0.2) is 7.05 Å². The fourth-order valence-electron chi connectivity index (χ4n) is 1.32. The second-order valence-electron chi connectivity index (χ2n) is 3.15. The zero-order chi connectivity index (χ0) is 11.3. The Labute approximate surface area is 88.5 Å². The van der Waals surface area contributed by atoms with Crippen LogP contribution in [0.3, 0.4) is 0 Å². The molecule has 0 spiro atoms. The van der Waals surface area contributed by atoms with Gasteiger partial charge in [0.05, 0.1) is 0 Å². The van der Waals surface area contributed by atoms with Crippen LogP contribution in [0.5, 0.6) is 0 Å². The van der Waals surface area contributed by atoms with Crippen molar-refractivity contribution in [3.8, 4) is 11.8 Å². The number of rotatable bonds is 3. The molecular weight excluding hydrogens is 196 g/mol. The van der Waals surface area contributed by atoms with Gasteiger partial charge in [-0.25, -0.2) is 8.78 Å². The smallest absolute Gasteiger partial charge is 0.159 e. The standard InChI is InChI=1S/C12H13F2N/c1-3-4-5-12(15-2)9-6-7-10(13)11(14)8-9/h6-8,12,15H,5H2,1-2H3. The maximum atomic E-state index is 13.0. The minimum absolute atomic E-state index is 0.0625. The lowest BCUT2D eigenvalue weighted by molar-refractivity contribution is 0.502. The van der Waals surface area contributed by atoms with Crippen molar-refractivity contribution >= 4 is 0 Å². The molecular formula is C12H13F2N. The molecule has 1 aromatic rings. The maximum Gasteiger partial charge on any atom is 0.159 e. The van der Waals surface area contributed by atoms with E-state index >= 15 is 0 Å². The summed E-state index contributed by atoms with van der Waals surface area (Å²) in [5, 5.41) is 3.01. The summed E-state index contributed by atoms with van der Waals surface area (Å²) in [4.78, 5) is 0. The lowest BCUT2D eigenvalue weighted by Gasteiger charge is -2.13. The number of benzene rings is 1. The Bertz CT molecular complexity index is 390. The van der Waals surface area contributed by atoms with Gasteiger partial charge in [-0.2, -0.15) is 0 Å². The van der Waals surface area contributed by atoms with Gasteiger partial charge in [0, 0.05) is 12.5 Å². The second-order valence-corrected chi connectivity index (χ2v) is 3.15. The van der Waals surface area contributed by atoms with E-state index in [-0.39, 0.29) is 6.04 Å². The Balaban J connectivity index is 2.90. The first-order chi connectivity index (χ1) is 7.19. The van der Waals surface area contributed by atoms with E-state index in [0.717, 1.165) is 6.07 Å². The van der Waals surface area contributed by atoms with Gasteiger partial charge in [-0.05, 0) is 31.7 Å². The van der Waals surface area contributed by atoms with Crippen molar-refractivity contribution in [3.63, 3.8) is 0 Å². The van der Waals surface area contributed by atoms with Crippen molar-refractivity contribution in [1.29, 1.82) is 0 Å². The summed E-state index contributed by atoms with van der Waals surface area (Å²) in [5.74, 6) is 4.03. The Morgan fingerprint density at radius 2 is 2.07 bits per heavy atom. The molecule has 0 aromatic heterocycles. The third kappa shape index (κ3) is 3.03. The van der Waals surface area contributed by atoms with E-state index in [0.29, 0.717) is 12.0 Å². The quantitative estimate of drug-likeness (QED) is 0.754. The number of nitrogens with one attached hydrogen (secondary N) is 1. The maximum absolute atomic E-state index is 13.0. The molecule has 0 radical (unpaired) electrons. The van der Waals surface area contributed by atoms with Crippen LogP contribution < -0.4 is 5.32 Å². The minimum atomic E-state index is -0.824. The molecule has 0 saturated heterocycles. The average molecular weight is 209 g/mol. The fourth-order valence-corrected chi connectivity index (χ4v) is 1.32. The Morgan fingerprint density at radius 1 is 1.33 bits per heavy atom. The van der Waals surface area contributed by atoms with Gasteiger partial charge in [0.15, 0.2) is 11.6 Å². The molecule has 80 valence electrons. The van der Waals surface area contributed by atoms with E-state index < -0.39 is 11.6 Å². The van der Waals surface area contributed by atoms with Crippen LogP contribution in [0, 0.1) is 23.5 Å². The van der Waals surface area contributed by atoms with Crippen molar-refractivity contribution in [1.82, 2.24) is 5.32 Å². The van der Waals surface area contributed by atoms with E-state index in [9.17, 15) is 8.78 Å². The number of hydrogen-bond acceptors (Lipinski definition) is 1. The zero-order valence-corrected chi connectivity index (χ0v) is 8.77. The SMILES string of the molecule is CC#CCC(NC)c1ccc(F)c(F)c1. The topological polar surface area (TPSA) is 12.0 Å². The van der Waals surface area contributed by atoms with Crippen molar-refractivity contribution in [2.75, 3.05) is 7.05 Å². The first kappa shape index (κ1) is 11.7. The van der Waals surface area contributed by atoms with E-state index in [1.807, 2.05) is 0 Å². The third-order valence-electron chi connectivity index (χ3n) is 2.18. The predicted octanol–water partition coefficient (Wildman–Crippen LogP) is 2.64. The molecule has 0 aliphatic heterocycles. The van der Waals surface area contributed by atoms with Crippen LogP contribution >= 0.6 is 0 Å². The molecule has 0 heterocycles. The zero-order valence-electron chi connectivity index (χ0n) is 8.77. The summed E-state index contributed by atoms with van der Waals surface area (Å²) in [5.41, 5.74) is 0.708.